The Bertz CT molecular complexity index is 383. The van der Waals surface area contributed by atoms with Crippen molar-refractivity contribution in [2.24, 2.45) is 5.92 Å². The van der Waals surface area contributed by atoms with Crippen LogP contribution in [0.4, 0.5) is 0 Å². The molecule has 88 valence electrons. The second kappa shape index (κ2) is 5.55. The van der Waals surface area contributed by atoms with Crippen LogP contribution in [0.5, 0.6) is 5.75 Å². The molecule has 0 bridgehead atoms. The van der Waals surface area contributed by atoms with Gasteiger partial charge in [0.05, 0.1) is 10.9 Å². The van der Waals surface area contributed by atoms with E-state index in [-0.39, 0.29) is 6.61 Å². The van der Waals surface area contributed by atoms with Gasteiger partial charge in [-0.25, -0.2) is 0 Å². The highest BCUT2D eigenvalue weighted by Gasteiger charge is 2.14. The van der Waals surface area contributed by atoms with Crippen LogP contribution in [0.3, 0.4) is 0 Å². The van der Waals surface area contributed by atoms with Gasteiger partial charge >= 0.3 is 5.97 Å². The lowest BCUT2D eigenvalue weighted by atomic mass is 10.2. The molecule has 1 rings (SSSR count). The topological polar surface area (TPSA) is 46.5 Å². The van der Waals surface area contributed by atoms with Gasteiger partial charge in [-0.3, -0.25) is 4.79 Å². The van der Waals surface area contributed by atoms with Crippen LogP contribution in [0.15, 0.2) is 16.6 Å². The van der Waals surface area contributed by atoms with Crippen LogP contribution in [0.2, 0.25) is 5.02 Å². The van der Waals surface area contributed by atoms with Crippen molar-refractivity contribution in [3.63, 3.8) is 0 Å². The molecule has 0 aliphatic heterocycles. The van der Waals surface area contributed by atoms with E-state index >= 15 is 0 Å². The van der Waals surface area contributed by atoms with Crippen molar-refractivity contribution in [2.45, 2.75) is 13.8 Å². The third-order valence-corrected chi connectivity index (χ3v) is 2.83. The minimum absolute atomic E-state index is 0.109. The predicted molar refractivity (Wildman–Crippen MR) is 66.2 cm³/mol. The molecule has 1 atom stereocenters. The highest BCUT2D eigenvalue weighted by atomic mass is 79.9. The van der Waals surface area contributed by atoms with Crippen LogP contribution in [-0.2, 0) is 4.79 Å². The first kappa shape index (κ1) is 13.3. The monoisotopic (exact) mass is 306 g/mol. The van der Waals surface area contributed by atoms with Crippen LogP contribution in [-0.4, -0.2) is 17.7 Å². The number of carboxylic acid groups (broad SMARTS) is 1. The largest absolute Gasteiger partial charge is 0.491 e. The van der Waals surface area contributed by atoms with Gasteiger partial charge in [0.2, 0.25) is 0 Å². The fraction of sp³-hybridized carbons (Fsp3) is 0.364. The number of halogens is 2. The molecule has 0 spiro atoms. The minimum Gasteiger partial charge on any atom is -0.491 e. The first-order chi connectivity index (χ1) is 7.41. The van der Waals surface area contributed by atoms with Gasteiger partial charge in [-0.1, -0.05) is 27.5 Å². The number of hydrogen-bond acceptors (Lipinski definition) is 2. The number of hydrogen-bond donors (Lipinski definition) is 1. The van der Waals surface area contributed by atoms with Gasteiger partial charge in [0.15, 0.2) is 0 Å². The fourth-order valence-corrected chi connectivity index (χ4v) is 2.18. The average Bonchev–Trinajstić information content (AvgIpc) is 2.15. The van der Waals surface area contributed by atoms with Crippen molar-refractivity contribution in [1.82, 2.24) is 0 Å². The SMILES string of the molecule is Cc1cc(Br)cc(Cl)c1OCC(C)C(=O)O. The Balaban J connectivity index is 2.78. The lowest BCUT2D eigenvalue weighted by molar-refractivity contribution is -0.142. The number of carboxylic acids is 1. The molecule has 0 aliphatic rings. The van der Waals surface area contributed by atoms with Crippen molar-refractivity contribution in [3.8, 4) is 5.75 Å². The van der Waals surface area contributed by atoms with Gasteiger partial charge in [-0.15, -0.1) is 0 Å². The van der Waals surface area contributed by atoms with Crippen LogP contribution in [0, 0.1) is 12.8 Å². The zero-order valence-electron chi connectivity index (χ0n) is 8.96. The van der Waals surface area contributed by atoms with Gasteiger partial charge in [-0.2, -0.15) is 0 Å². The van der Waals surface area contributed by atoms with E-state index < -0.39 is 11.9 Å². The van der Waals surface area contributed by atoms with Crippen LogP contribution in [0.1, 0.15) is 12.5 Å². The standard InChI is InChI=1S/C11H12BrClO3/c1-6-3-8(12)4-9(13)10(6)16-5-7(2)11(14)15/h3-4,7H,5H2,1-2H3,(H,14,15). The lowest BCUT2D eigenvalue weighted by Gasteiger charge is -2.13. The molecule has 0 aliphatic carbocycles. The molecular weight excluding hydrogens is 295 g/mol. The number of ether oxygens (including phenoxy) is 1. The molecule has 0 saturated carbocycles. The molecule has 3 nitrogen and oxygen atoms in total. The Morgan fingerprint density at radius 2 is 2.25 bits per heavy atom. The molecule has 5 heteroatoms. The molecule has 1 unspecified atom stereocenters. The van der Waals surface area contributed by atoms with E-state index in [1.165, 1.54) is 0 Å². The Kier molecular flexibility index (Phi) is 4.62. The minimum atomic E-state index is -0.883. The third kappa shape index (κ3) is 3.39. The number of rotatable bonds is 4. The summed E-state index contributed by atoms with van der Waals surface area (Å²) in [5, 5.41) is 9.20. The predicted octanol–water partition coefficient (Wildman–Crippen LogP) is 3.51. The average molecular weight is 308 g/mol. The maximum atomic E-state index is 10.6. The molecule has 0 radical (unpaired) electrons. The zero-order valence-corrected chi connectivity index (χ0v) is 11.3. The maximum absolute atomic E-state index is 10.6. The highest BCUT2D eigenvalue weighted by molar-refractivity contribution is 9.10. The van der Waals surface area contributed by atoms with E-state index in [9.17, 15) is 4.79 Å². The summed E-state index contributed by atoms with van der Waals surface area (Å²) in [4.78, 5) is 10.6. The van der Waals surface area contributed by atoms with Crippen LogP contribution in [0.25, 0.3) is 0 Å². The summed E-state index contributed by atoms with van der Waals surface area (Å²) in [5.74, 6) is -0.900. The molecule has 0 amide bonds. The number of benzene rings is 1. The highest BCUT2D eigenvalue weighted by Crippen LogP contribution is 2.32. The molecular formula is C11H12BrClO3. The third-order valence-electron chi connectivity index (χ3n) is 2.09. The normalized spacial score (nSPS) is 12.2. The smallest absolute Gasteiger partial charge is 0.309 e. The molecule has 0 aromatic heterocycles. The summed E-state index contributed by atoms with van der Waals surface area (Å²) in [5.41, 5.74) is 0.872. The van der Waals surface area contributed by atoms with E-state index in [1.807, 2.05) is 13.0 Å². The van der Waals surface area contributed by atoms with Crippen molar-refractivity contribution in [3.05, 3.63) is 27.2 Å². The molecule has 1 aromatic rings. The Hall–Kier alpha value is -0.740. The van der Waals surface area contributed by atoms with Crippen molar-refractivity contribution in [2.75, 3.05) is 6.61 Å². The van der Waals surface area contributed by atoms with Crippen molar-refractivity contribution >= 4 is 33.5 Å². The number of aliphatic carboxylic acids is 1. The first-order valence-electron chi connectivity index (χ1n) is 4.73. The summed E-state index contributed by atoms with van der Waals surface area (Å²) < 4.78 is 6.28. The summed E-state index contributed by atoms with van der Waals surface area (Å²) in [6.07, 6.45) is 0. The second-order valence-electron chi connectivity index (χ2n) is 3.58. The Morgan fingerprint density at radius 1 is 1.62 bits per heavy atom. The van der Waals surface area contributed by atoms with Crippen molar-refractivity contribution < 1.29 is 14.6 Å². The fourth-order valence-electron chi connectivity index (χ4n) is 1.15. The quantitative estimate of drug-likeness (QED) is 0.926. The van der Waals surface area contributed by atoms with Gasteiger partial charge in [-0.05, 0) is 31.5 Å². The molecule has 0 saturated heterocycles. The molecule has 0 heterocycles. The molecule has 1 N–H and O–H groups in total. The van der Waals surface area contributed by atoms with E-state index in [2.05, 4.69) is 15.9 Å². The van der Waals surface area contributed by atoms with E-state index in [0.29, 0.717) is 10.8 Å². The first-order valence-corrected chi connectivity index (χ1v) is 5.90. The Morgan fingerprint density at radius 3 is 2.75 bits per heavy atom. The number of aryl methyl sites for hydroxylation is 1. The zero-order chi connectivity index (χ0) is 12.3. The summed E-state index contributed by atoms with van der Waals surface area (Å²) in [6.45, 7) is 3.55. The van der Waals surface area contributed by atoms with Crippen LogP contribution < -0.4 is 4.74 Å². The summed E-state index contributed by atoms with van der Waals surface area (Å²) in [7, 11) is 0. The number of carbonyl (C=O) groups is 1. The summed E-state index contributed by atoms with van der Waals surface area (Å²) >= 11 is 9.31. The molecule has 16 heavy (non-hydrogen) atoms. The van der Waals surface area contributed by atoms with Crippen LogP contribution >= 0.6 is 27.5 Å². The second-order valence-corrected chi connectivity index (χ2v) is 4.91. The lowest BCUT2D eigenvalue weighted by Crippen LogP contribution is -2.18. The van der Waals surface area contributed by atoms with E-state index in [4.69, 9.17) is 21.4 Å². The van der Waals surface area contributed by atoms with Gasteiger partial charge in [0.25, 0.3) is 0 Å². The van der Waals surface area contributed by atoms with Gasteiger partial charge in [0.1, 0.15) is 12.4 Å². The Labute approximate surface area is 107 Å². The van der Waals surface area contributed by atoms with Gasteiger partial charge in [0, 0.05) is 4.47 Å². The molecule has 0 fully saturated rings. The summed E-state index contributed by atoms with van der Waals surface area (Å²) in [6, 6.07) is 3.59. The molecule has 1 aromatic carbocycles. The van der Waals surface area contributed by atoms with E-state index in [0.717, 1.165) is 10.0 Å². The maximum Gasteiger partial charge on any atom is 0.309 e. The van der Waals surface area contributed by atoms with Crippen molar-refractivity contribution in [1.29, 1.82) is 0 Å². The van der Waals surface area contributed by atoms with Gasteiger partial charge < -0.3 is 9.84 Å². The van der Waals surface area contributed by atoms with E-state index in [1.54, 1.807) is 13.0 Å².